The molecule has 134 valence electrons. The van der Waals surface area contributed by atoms with E-state index in [2.05, 4.69) is 50.6 Å². The molecule has 0 spiro atoms. The third-order valence-electron chi connectivity index (χ3n) is 5.07. The van der Waals surface area contributed by atoms with Gasteiger partial charge in [-0.1, -0.05) is 31.5 Å². The van der Waals surface area contributed by atoms with E-state index in [0.717, 1.165) is 31.1 Å². The van der Waals surface area contributed by atoms with Crippen LogP contribution in [-0.4, -0.2) is 48.6 Å². The SMILES string of the molecule is CCN1CCCCC1CNC(=NC)NCc1ccnc2ccccc12. The van der Waals surface area contributed by atoms with Crippen molar-refractivity contribution < 1.29 is 0 Å². The van der Waals surface area contributed by atoms with Crippen molar-refractivity contribution in [2.45, 2.75) is 38.8 Å². The molecular weight excluding hydrogens is 310 g/mol. The molecule has 0 saturated carbocycles. The molecule has 0 amide bonds. The Bertz CT molecular complexity index is 707. The molecule has 1 aromatic carbocycles. The Hall–Kier alpha value is -2.14. The predicted molar refractivity (Wildman–Crippen MR) is 105 cm³/mol. The lowest BCUT2D eigenvalue weighted by atomic mass is 10.0. The van der Waals surface area contributed by atoms with Crippen molar-refractivity contribution in [2.75, 3.05) is 26.7 Å². The molecule has 0 aliphatic carbocycles. The highest BCUT2D eigenvalue weighted by atomic mass is 15.2. The average Bonchev–Trinajstić information content (AvgIpc) is 2.68. The Morgan fingerprint density at radius 2 is 2.12 bits per heavy atom. The van der Waals surface area contributed by atoms with E-state index in [4.69, 9.17) is 0 Å². The van der Waals surface area contributed by atoms with Crippen LogP contribution in [0.15, 0.2) is 41.5 Å². The highest BCUT2D eigenvalue weighted by Gasteiger charge is 2.20. The van der Waals surface area contributed by atoms with E-state index in [1.807, 2.05) is 25.4 Å². The minimum absolute atomic E-state index is 0.610. The fourth-order valence-corrected chi connectivity index (χ4v) is 3.63. The third-order valence-corrected chi connectivity index (χ3v) is 5.07. The summed E-state index contributed by atoms with van der Waals surface area (Å²) in [6.45, 7) is 6.29. The summed E-state index contributed by atoms with van der Waals surface area (Å²) in [6.07, 6.45) is 5.80. The first kappa shape index (κ1) is 17.7. The number of guanidine groups is 1. The highest BCUT2D eigenvalue weighted by molar-refractivity contribution is 5.83. The molecule has 5 heteroatoms. The number of para-hydroxylation sites is 1. The fourth-order valence-electron chi connectivity index (χ4n) is 3.63. The molecule has 1 atom stereocenters. The molecule has 1 fully saturated rings. The van der Waals surface area contributed by atoms with Crippen molar-refractivity contribution in [1.29, 1.82) is 0 Å². The van der Waals surface area contributed by atoms with Crippen molar-refractivity contribution >= 4 is 16.9 Å². The normalized spacial score (nSPS) is 19.1. The van der Waals surface area contributed by atoms with Crippen LogP contribution < -0.4 is 10.6 Å². The van der Waals surface area contributed by atoms with Gasteiger partial charge in [0.25, 0.3) is 0 Å². The number of likely N-dealkylation sites (tertiary alicyclic amines) is 1. The second-order valence-corrected chi connectivity index (χ2v) is 6.57. The lowest BCUT2D eigenvalue weighted by Crippen LogP contribution is -2.48. The largest absolute Gasteiger partial charge is 0.355 e. The summed E-state index contributed by atoms with van der Waals surface area (Å²) in [5, 5.41) is 8.14. The molecule has 2 N–H and O–H groups in total. The molecule has 3 rings (SSSR count). The van der Waals surface area contributed by atoms with Crippen molar-refractivity contribution in [1.82, 2.24) is 20.5 Å². The number of benzene rings is 1. The van der Waals surface area contributed by atoms with Crippen LogP contribution >= 0.6 is 0 Å². The molecule has 1 aromatic heterocycles. The van der Waals surface area contributed by atoms with Crippen molar-refractivity contribution in [3.05, 3.63) is 42.1 Å². The van der Waals surface area contributed by atoms with E-state index in [9.17, 15) is 0 Å². The summed E-state index contributed by atoms with van der Waals surface area (Å²) in [6, 6.07) is 10.9. The minimum Gasteiger partial charge on any atom is -0.355 e. The molecule has 0 radical (unpaired) electrons. The summed E-state index contributed by atoms with van der Waals surface area (Å²) in [7, 11) is 1.83. The number of hydrogen-bond acceptors (Lipinski definition) is 3. The molecular formula is C20H29N5. The third kappa shape index (κ3) is 4.48. The number of nitrogens with one attached hydrogen (secondary N) is 2. The van der Waals surface area contributed by atoms with Crippen LogP contribution in [0, 0.1) is 0 Å². The zero-order chi connectivity index (χ0) is 17.5. The van der Waals surface area contributed by atoms with Crippen LogP contribution in [0.5, 0.6) is 0 Å². The second kappa shape index (κ2) is 8.81. The molecule has 1 aliphatic rings. The lowest BCUT2D eigenvalue weighted by Gasteiger charge is -2.35. The predicted octanol–water partition coefficient (Wildman–Crippen LogP) is 2.77. The number of pyridine rings is 1. The smallest absolute Gasteiger partial charge is 0.191 e. The quantitative estimate of drug-likeness (QED) is 0.650. The topological polar surface area (TPSA) is 52.5 Å². The molecule has 0 bridgehead atoms. The molecule has 1 unspecified atom stereocenters. The second-order valence-electron chi connectivity index (χ2n) is 6.57. The van der Waals surface area contributed by atoms with Gasteiger partial charge in [-0.05, 0) is 43.6 Å². The van der Waals surface area contributed by atoms with Crippen LogP contribution in [0.1, 0.15) is 31.7 Å². The number of rotatable bonds is 5. The van der Waals surface area contributed by atoms with Gasteiger partial charge in [-0.2, -0.15) is 0 Å². The van der Waals surface area contributed by atoms with Crippen LogP contribution in [-0.2, 0) is 6.54 Å². The Labute approximate surface area is 150 Å². The Morgan fingerprint density at radius 3 is 2.96 bits per heavy atom. The molecule has 2 heterocycles. The Balaban J connectivity index is 1.57. The number of likely N-dealkylation sites (N-methyl/N-ethyl adjacent to an activating group) is 1. The Kier molecular flexibility index (Phi) is 6.23. The molecule has 25 heavy (non-hydrogen) atoms. The van der Waals surface area contributed by atoms with Crippen molar-refractivity contribution in [2.24, 2.45) is 4.99 Å². The maximum absolute atomic E-state index is 4.43. The summed E-state index contributed by atoms with van der Waals surface area (Å²) >= 11 is 0. The minimum atomic E-state index is 0.610. The molecule has 5 nitrogen and oxygen atoms in total. The van der Waals surface area contributed by atoms with Gasteiger partial charge in [0.2, 0.25) is 0 Å². The Morgan fingerprint density at radius 1 is 1.24 bits per heavy atom. The lowest BCUT2D eigenvalue weighted by molar-refractivity contribution is 0.157. The van der Waals surface area contributed by atoms with Gasteiger partial charge in [0.05, 0.1) is 5.52 Å². The summed E-state index contributed by atoms with van der Waals surface area (Å²) in [5.74, 6) is 0.863. The van der Waals surface area contributed by atoms with Crippen molar-refractivity contribution in [3.8, 4) is 0 Å². The van der Waals surface area contributed by atoms with Gasteiger partial charge in [-0.25, -0.2) is 0 Å². The zero-order valence-corrected chi connectivity index (χ0v) is 15.3. The fraction of sp³-hybridized carbons (Fsp3) is 0.500. The van der Waals surface area contributed by atoms with Gasteiger partial charge in [0.1, 0.15) is 0 Å². The average molecular weight is 339 g/mol. The molecule has 2 aromatic rings. The van der Waals surface area contributed by atoms with E-state index in [0.29, 0.717) is 6.04 Å². The van der Waals surface area contributed by atoms with E-state index < -0.39 is 0 Å². The van der Waals surface area contributed by atoms with Gasteiger partial charge in [-0.3, -0.25) is 14.9 Å². The van der Waals surface area contributed by atoms with E-state index in [1.54, 1.807) is 0 Å². The van der Waals surface area contributed by atoms with Gasteiger partial charge in [-0.15, -0.1) is 0 Å². The van der Waals surface area contributed by atoms with Gasteiger partial charge in [0, 0.05) is 37.8 Å². The number of aliphatic imine (C=N–C) groups is 1. The number of aromatic nitrogens is 1. The standard InChI is InChI=1S/C20H29N5/c1-3-25-13-7-6-8-17(25)15-24-20(21-2)23-14-16-11-12-22-19-10-5-4-9-18(16)19/h4-5,9-12,17H,3,6-8,13-15H2,1-2H3,(H2,21,23,24). The van der Waals surface area contributed by atoms with Crippen LogP contribution in [0.3, 0.4) is 0 Å². The summed E-state index contributed by atoms with van der Waals surface area (Å²) in [5.41, 5.74) is 2.27. The number of nitrogens with zero attached hydrogens (tertiary/aromatic N) is 3. The monoisotopic (exact) mass is 339 g/mol. The first-order valence-corrected chi connectivity index (χ1v) is 9.33. The number of fused-ring (bicyclic) bond motifs is 1. The van der Waals surface area contributed by atoms with E-state index in [1.165, 1.54) is 36.8 Å². The van der Waals surface area contributed by atoms with Gasteiger partial charge >= 0.3 is 0 Å². The van der Waals surface area contributed by atoms with Crippen LogP contribution in [0.4, 0.5) is 0 Å². The highest BCUT2D eigenvalue weighted by Crippen LogP contribution is 2.16. The first-order valence-electron chi connectivity index (χ1n) is 9.33. The van der Waals surface area contributed by atoms with Gasteiger partial charge in [0.15, 0.2) is 5.96 Å². The summed E-state index contributed by atoms with van der Waals surface area (Å²) in [4.78, 5) is 11.4. The van der Waals surface area contributed by atoms with Crippen molar-refractivity contribution in [3.63, 3.8) is 0 Å². The van der Waals surface area contributed by atoms with E-state index in [-0.39, 0.29) is 0 Å². The zero-order valence-electron chi connectivity index (χ0n) is 15.3. The molecule has 1 saturated heterocycles. The first-order chi connectivity index (χ1) is 12.3. The van der Waals surface area contributed by atoms with E-state index >= 15 is 0 Å². The maximum atomic E-state index is 4.43. The van der Waals surface area contributed by atoms with Gasteiger partial charge < -0.3 is 10.6 Å². The van der Waals surface area contributed by atoms with Crippen LogP contribution in [0.25, 0.3) is 10.9 Å². The maximum Gasteiger partial charge on any atom is 0.191 e. The number of piperidine rings is 1. The summed E-state index contributed by atoms with van der Waals surface area (Å²) < 4.78 is 0. The van der Waals surface area contributed by atoms with Crippen LogP contribution in [0.2, 0.25) is 0 Å². The number of hydrogen-bond donors (Lipinski definition) is 2. The molecule has 1 aliphatic heterocycles.